The summed E-state index contributed by atoms with van der Waals surface area (Å²) in [6, 6.07) is -0.272. The van der Waals surface area contributed by atoms with Crippen LogP contribution >= 0.6 is 0 Å². The van der Waals surface area contributed by atoms with Crippen LogP contribution in [-0.4, -0.2) is 83.6 Å². The molecule has 0 unspecified atom stereocenters. The number of carboxylic acid groups (broad SMARTS) is 1. The monoisotopic (exact) mass is 431 g/mol. The molecule has 0 radical (unpaired) electrons. The van der Waals surface area contributed by atoms with Crippen molar-refractivity contribution in [3.63, 3.8) is 0 Å². The fourth-order valence-electron chi connectivity index (χ4n) is 4.45. The first-order valence-electron chi connectivity index (χ1n) is 10.5. The summed E-state index contributed by atoms with van der Waals surface area (Å²) in [5.41, 5.74) is 0. The van der Waals surface area contributed by atoms with Gasteiger partial charge in [-0.15, -0.1) is 0 Å². The molecule has 0 aromatic carbocycles. The van der Waals surface area contributed by atoms with Crippen LogP contribution in [0.25, 0.3) is 0 Å². The molecule has 9 heteroatoms. The van der Waals surface area contributed by atoms with Gasteiger partial charge in [0.25, 0.3) is 0 Å². The summed E-state index contributed by atoms with van der Waals surface area (Å²) in [6.45, 7) is 9.85. The average Bonchev–Trinajstić information content (AvgIpc) is 2.92. The van der Waals surface area contributed by atoms with Gasteiger partial charge in [-0.1, -0.05) is 0 Å². The number of carbonyl (C=O) groups excluding carboxylic acids is 1. The van der Waals surface area contributed by atoms with E-state index >= 15 is 0 Å². The van der Waals surface area contributed by atoms with Gasteiger partial charge >= 0.3 is 6.09 Å². The Balaban J connectivity index is 2.25. The number of nitrogens with one attached hydrogen (secondary N) is 1. The van der Waals surface area contributed by atoms with Crippen molar-refractivity contribution in [3.05, 3.63) is 0 Å². The van der Waals surface area contributed by atoms with Crippen molar-refractivity contribution in [3.8, 4) is 0 Å². The van der Waals surface area contributed by atoms with E-state index in [1.165, 1.54) is 0 Å². The van der Waals surface area contributed by atoms with Crippen molar-refractivity contribution < 1.29 is 23.1 Å². The highest BCUT2D eigenvalue weighted by molar-refractivity contribution is 7.92. The second-order valence-corrected chi connectivity index (χ2v) is 12.6. The second kappa shape index (κ2) is 8.79. The van der Waals surface area contributed by atoms with E-state index in [2.05, 4.69) is 31.1 Å². The largest absolute Gasteiger partial charge is 0.465 e. The number of carbonyl (C=O) groups is 2. The molecule has 168 valence electrons. The second-order valence-electron chi connectivity index (χ2n) is 9.77. The van der Waals surface area contributed by atoms with Crippen molar-refractivity contribution in [2.24, 2.45) is 5.92 Å². The van der Waals surface area contributed by atoms with E-state index in [4.69, 9.17) is 5.11 Å². The first-order chi connectivity index (χ1) is 13.2. The molecule has 0 aromatic rings. The van der Waals surface area contributed by atoms with Gasteiger partial charge in [-0.25, -0.2) is 13.2 Å². The summed E-state index contributed by atoms with van der Waals surface area (Å²) >= 11 is 0. The van der Waals surface area contributed by atoms with E-state index in [1.807, 2.05) is 0 Å². The first kappa shape index (κ1) is 23.9. The molecule has 1 heterocycles. The zero-order valence-corrected chi connectivity index (χ0v) is 19.3. The lowest BCUT2D eigenvalue weighted by atomic mass is 9.81. The lowest BCUT2D eigenvalue weighted by molar-refractivity contribution is -0.133. The van der Waals surface area contributed by atoms with Gasteiger partial charge in [-0.2, -0.15) is 0 Å². The molecule has 1 saturated carbocycles. The minimum absolute atomic E-state index is 0.0460. The highest BCUT2D eigenvalue weighted by Gasteiger charge is 2.45. The van der Waals surface area contributed by atoms with Gasteiger partial charge in [0.2, 0.25) is 5.91 Å². The summed E-state index contributed by atoms with van der Waals surface area (Å²) in [5, 5.41) is 11.3. The van der Waals surface area contributed by atoms with Crippen LogP contribution in [0.4, 0.5) is 4.79 Å². The number of likely N-dealkylation sites (tertiary alicyclic amines) is 1. The third-order valence-corrected chi connectivity index (χ3v) is 9.34. The normalized spacial score (nSPS) is 29.0. The van der Waals surface area contributed by atoms with E-state index in [0.717, 1.165) is 19.3 Å². The molecule has 0 spiro atoms. The Hall–Kier alpha value is -1.35. The molecular weight excluding hydrogens is 394 g/mol. The first-order valence-corrected chi connectivity index (χ1v) is 12.1. The number of hydrogen-bond acceptors (Lipinski definition) is 5. The molecule has 4 atom stereocenters. The molecule has 2 rings (SSSR count). The highest BCUT2D eigenvalue weighted by Crippen LogP contribution is 2.36. The van der Waals surface area contributed by atoms with E-state index in [1.54, 1.807) is 25.7 Å². The topological polar surface area (TPSA) is 107 Å². The third-order valence-electron chi connectivity index (χ3n) is 6.61. The molecule has 1 saturated heterocycles. The lowest BCUT2D eigenvalue weighted by Gasteiger charge is -2.45. The van der Waals surface area contributed by atoms with Gasteiger partial charge < -0.3 is 20.2 Å². The predicted molar refractivity (Wildman–Crippen MR) is 113 cm³/mol. The molecule has 1 aliphatic carbocycles. The van der Waals surface area contributed by atoms with E-state index in [0.29, 0.717) is 19.0 Å². The zero-order valence-electron chi connectivity index (χ0n) is 18.5. The van der Waals surface area contributed by atoms with Gasteiger partial charge in [0, 0.05) is 24.7 Å². The fraction of sp³-hybridized carbons (Fsp3) is 0.900. The van der Waals surface area contributed by atoms with Crippen LogP contribution in [0.2, 0.25) is 0 Å². The van der Waals surface area contributed by atoms with Crippen LogP contribution in [-0.2, 0) is 14.6 Å². The maximum absolute atomic E-state index is 13.0. The average molecular weight is 432 g/mol. The van der Waals surface area contributed by atoms with Crippen LogP contribution in [0.3, 0.4) is 0 Å². The van der Waals surface area contributed by atoms with Gasteiger partial charge in [0.05, 0.1) is 10.5 Å². The van der Waals surface area contributed by atoms with Gasteiger partial charge in [0.1, 0.15) is 6.04 Å². The standard InChI is InChI=1S/C20H37N3O5S/c1-13(2)22(6)15-7-8-17(14(11-15)12-29(27,28)20(3,4)5)23-10-9-16(18(23)24)21-19(25)26/h13-17,21H,7-12H2,1-6H3,(H,25,26)/t14-,15-,16+,17+/m1/s1. The molecule has 8 nitrogen and oxygen atoms in total. The van der Waals surface area contributed by atoms with Crippen molar-refractivity contribution in [2.75, 3.05) is 19.3 Å². The number of sulfone groups is 1. The fourth-order valence-corrected chi connectivity index (χ4v) is 5.87. The Labute approximate surface area is 174 Å². The van der Waals surface area contributed by atoms with Crippen molar-refractivity contribution in [2.45, 2.75) is 89.2 Å². The number of nitrogens with zero attached hydrogens (tertiary/aromatic N) is 2. The Morgan fingerprint density at radius 3 is 2.41 bits per heavy atom. The molecule has 0 aromatic heterocycles. The van der Waals surface area contributed by atoms with Gasteiger partial charge in [-0.05, 0) is 73.3 Å². The van der Waals surface area contributed by atoms with Crippen LogP contribution in [0, 0.1) is 5.92 Å². The minimum Gasteiger partial charge on any atom is -0.465 e. The molecule has 29 heavy (non-hydrogen) atoms. The third kappa shape index (κ3) is 5.42. The molecule has 2 fully saturated rings. The smallest absolute Gasteiger partial charge is 0.405 e. The maximum Gasteiger partial charge on any atom is 0.405 e. The van der Waals surface area contributed by atoms with Crippen LogP contribution in [0.1, 0.15) is 60.3 Å². The summed E-state index contributed by atoms with van der Waals surface area (Å²) in [7, 11) is -1.28. The van der Waals surface area contributed by atoms with Crippen LogP contribution < -0.4 is 5.32 Å². The van der Waals surface area contributed by atoms with Crippen molar-refractivity contribution >= 4 is 21.8 Å². The van der Waals surface area contributed by atoms with Crippen molar-refractivity contribution in [1.29, 1.82) is 0 Å². The van der Waals surface area contributed by atoms with E-state index < -0.39 is 26.7 Å². The van der Waals surface area contributed by atoms with Gasteiger partial charge in [0.15, 0.2) is 9.84 Å². The summed E-state index contributed by atoms with van der Waals surface area (Å²) in [4.78, 5) is 27.8. The quantitative estimate of drug-likeness (QED) is 0.666. The van der Waals surface area contributed by atoms with E-state index in [-0.39, 0.29) is 29.7 Å². The predicted octanol–water partition coefficient (Wildman–Crippen LogP) is 1.95. The molecule has 1 aliphatic heterocycles. The molecular formula is C20H37N3O5S. The molecule has 2 N–H and O–H groups in total. The Morgan fingerprint density at radius 1 is 1.28 bits per heavy atom. The Kier molecular flexibility index (Phi) is 7.26. The molecule has 2 amide bonds. The SMILES string of the molecule is CC(C)N(C)[C@@H]1CC[C@H](N2CC[C@H](NC(=O)O)C2=O)[C@@H](CS(=O)(=O)C(C)(C)C)C1. The maximum atomic E-state index is 13.0. The number of amides is 2. The lowest BCUT2D eigenvalue weighted by Crippen LogP contribution is -2.53. The van der Waals surface area contributed by atoms with E-state index in [9.17, 15) is 18.0 Å². The summed E-state index contributed by atoms with van der Waals surface area (Å²) in [6.07, 6.45) is 1.56. The highest BCUT2D eigenvalue weighted by atomic mass is 32.2. The van der Waals surface area contributed by atoms with Crippen molar-refractivity contribution in [1.82, 2.24) is 15.1 Å². The Bertz CT molecular complexity index is 716. The summed E-state index contributed by atoms with van der Waals surface area (Å²) in [5.74, 6) is -0.345. The minimum atomic E-state index is -3.35. The van der Waals surface area contributed by atoms with Gasteiger partial charge in [-0.3, -0.25) is 4.79 Å². The number of rotatable bonds is 6. The number of hydrogen-bond donors (Lipinski definition) is 2. The summed E-state index contributed by atoms with van der Waals surface area (Å²) < 4.78 is 25.1. The Morgan fingerprint density at radius 2 is 1.90 bits per heavy atom. The zero-order chi connectivity index (χ0) is 22.1. The van der Waals surface area contributed by atoms with Crippen LogP contribution in [0.5, 0.6) is 0 Å². The molecule has 0 bridgehead atoms. The molecule has 2 aliphatic rings. The van der Waals surface area contributed by atoms with Crippen LogP contribution in [0.15, 0.2) is 0 Å².